The number of nitrogens with one attached hydrogen (secondary N) is 2. The maximum absolute atomic E-state index is 11.8. The van der Waals surface area contributed by atoms with Crippen LogP contribution in [0.1, 0.15) is 24.8 Å². The highest BCUT2D eigenvalue weighted by Gasteiger charge is 2.26. The number of benzene rings is 1. The molecule has 0 aromatic heterocycles. The molecule has 1 aromatic carbocycles. The lowest BCUT2D eigenvalue weighted by Crippen LogP contribution is -2.47. The summed E-state index contributed by atoms with van der Waals surface area (Å²) in [4.78, 5) is 27.9. The topological polar surface area (TPSA) is 64.7 Å². The first-order chi connectivity index (χ1) is 12.1. The molecule has 1 atom stereocenters. The molecule has 0 saturated carbocycles. The molecule has 0 aliphatic carbocycles. The van der Waals surface area contributed by atoms with E-state index in [1.165, 1.54) is 38.2 Å². The van der Waals surface area contributed by atoms with Crippen LogP contribution in [0.4, 0.5) is 5.69 Å². The Bertz CT molecular complexity index is 594. The van der Waals surface area contributed by atoms with Gasteiger partial charge in [-0.15, -0.1) is 0 Å². The molecule has 25 heavy (non-hydrogen) atoms. The fourth-order valence-corrected chi connectivity index (χ4v) is 3.38. The van der Waals surface area contributed by atoms with Crippen LogP contribution < -0.4 is 10.6 Å². The number of piperazine rings is 1. The van der Waals surface area contributed by atoms with Crippen LogP contribution >= 0.6 is 0 Å². The molecule has 2 aliphatic heterocycles. The molecule has 1 unspecified atom stereocenters. The number of hydrogen-bond donors (Lipinski definition) is 2. The summed E-state index contributed by atoms with van der Waals surface area (Å²) in [5.74, 6) is -0.411. The molecule has 2 N–H and O–H groups in total. The quantitative estimate of drug-likeness (QED) is 0.756. The zero-order chi connectivity index (χ0) is 17.6. The zero-order valence-electron chi connectivity index (χ0n) is 15.0. The number of rotatable bonds is 6. The second-order valence-electron chi connectivity index (χ2n) is 7.09. The number of carbonyl (C=O) groups excluding carboxylic acids is 2. The first kappa shape index (κ1) is 17.9. The lowest BCUT2D eigenvalue weighted by atomic mass is 10.0. The predicted molar refractivity (Wildman–Crippen MR) is 98.5 cm³/mol. The van der Waals surface area contributed by atoms with Crippen molar-refractivity contribution in [2.75, 3.05) is 45.1 Å². The molecule has 2 amide bonds. The van der Waals surface area contributed by atoms with Crippen LogP contribution in [0.25, 0.3) is 0 Å². The van der Waals surface area contributed by atoms with Gasteiger partial charge in [-0.3, -0.25) is 14.9 Å². The fraction of sp³-hybridized carbons (Fsp3) is 0.579. The lowest BCUT2D eigenvalue weighted by molar-refractivity contribution is -0.133. The van der Waals surface area contributed by atoms with Gasteiger partial charge in [0.25, 0.3) is 0 Å². The third kappa shape index (κ3) is 5.28. The van der Waals surface area contributed by atoms with Crippen LogP contribution in [0, 0.1) is 0 Å². The van der Waals surface area contributed by atoms with Crippen molar-refractivity contribution in [1.82, 2.24) is 15.1 Å². The standard InChI is InChI=1S/C19H28N4O2/c1-22-11-13-23(14-12-22)10-2-3-15-4-6-16(7-5-15)20-17-8-9-18(24)21-19(17)25/h4-7,17,20H,2-3,8-14H2,1H3,(H,21,24,25). The molecule has 1 aromatic rings. The third-order valence-corrected chi connectivity index (χ3v) is 5.07. The minimum atomic E-state index is -0.319. The summed E-state index contributed by atoms with van der Waals surface area (Å²) in [6, 6.07) is 7.97. The summed E-state index contributed by atoms with van der Waals surface area (Å²) in [6.07, 6.45) is 3.19. The SMILES string of the molecule is CN1CCN(CCCc2ccc(NC3CCC(=O)NC3=O)cc2)CC1. The largest absolute Gasteiger partial charge is 0.374 e. The van der Waals surface area contributed by atoms with E-state index in [0.29, 0.717) is 12.8 Å². The van der Waals surface area contributed by atoms with E-state index in [4.69, 9.17) is 0 Å². The van der Waals surface area contributed by atoms with Crippen molar-refractivity contribution in [2.24, 2.45) is 0 Å². The Morgan fingerprint density at radius 1 is 1.12 bits per heavy atom. The van der Waals surface area contributed by atoms with Crippen LogP contribution in [-0.2, 0) is 16.0 Å². The summed E-state index contributed by atoms with van der Waals surface area (Å²) in [6.45, 7) is 5.84. The first-order valence-corrected chi connectivity index (χ1v) is 9.20. The molecule has 136 valence electrons. The van der Waals surface area contributed by atoms with Gasteiger partial charge in [0.1, 0.15) is 6.04 Å². The van der Waals surface area contributed by atoms with Crippen molar-refractivity contribution >= 4 is 17.5 Å². The summed E-state index contributed by atoms with van der Waals surface area (Å²) in [5.41, 5.74) is 2.25. The van der Waals surface area contributed by atoms with E-state index in [-0.39, 0.29) is 17.9 Å². The highest BCUT2D eigenvalue weighted by molar-refractivity contribution is 6.01. The normalized spacial score (nSPS) is 22.7. The van der Waals surface area contributed by atoms with Gasteiger partial charge in [-0.25, -0.2) is 0 Å². The van der Waals surface area contributed by atoms with Crippen LogP contribution in [0.5, 0.6) is 0 Å². The number of likely N-dealkylation sites (N-methyl/N-ethyl adjacent to an activating group) is 1. The molecular formula is C19H28N4O2. The Morgan fingerprint density at radius 3 is 2.52 bits per heavy atom. The Balaban J connectivity index is 1.41. The van der Waals surface area contributed by atoms with E-state index < -0.39 is 0 Å². The Morgan fingerprint density at radius 2 is 1.84 bits per heavy atom. The predicted octanol–water partition coefficient (Wildman–Crippen LogP) is 1.08. The summed E-state index contributed by atoms with van der Waals surface area (Å²) in [5, 5.41) is 5.59. The molecule has 3 rings (SSSR count). The summed E-state index contributed by atoms with van der Waals surface area (Å²) >= 11 is 0. The molecule has 0 radical (unpaired) electrons. The summed E-state index contributed by atoms with van der Waals surface area (Å²) in [7, 11) is 2.18. The second kappa shape index (κ2) is 8.45. The molecule has 6 nitrogen and oxygen atoms in total. The molecular weight excluding hydrogens is 316 g/mol. The van der Waals surface area contributed by atoms with Crippen molar-refractivity contribution in [3.63, 3.8) is 0 Å². The zero-order valence-corrected chi connectivity index (χ0v) is 15.0. The third-order valence-electron chi connectivity index (χ3n) is 5.07. The van der Waals surface area contributed by atoms with Crippen molar-refractivity contribution in [2.45, 2.75) is 31.7 Å². The van der Waals surface area contributed by atoms with E-state index in [2.05, 4.69) is 39.6 Å². The van der Waals surface area contributed by atoms with Gasteiger partial charge in [0.15, 0.2) is 0 Å². The number of amides is 2. The van der Waals surface area contributed by atoms with E-state index in [0.717, 1.165) is 18.7 Å². The lowest BCUT2D eigenvalue weighted by Gasteiger charge is -2.32. The van der Waals surface area contributed by atoms with Gasteiger partial charge in [-0.1, -0.05) is 12.1 Å². The Kier molecular flexibility index (Phi) is 6.04. The van der Waals surface area contributed by atoms with Crippen molar-refractivity contribution in [1.29, 1.82) is 0 Å². The minimum absolute atomic E-state index is 0.182. The number of hydrogen-bond acceptors (Lipinski definition) is 5. The number of nitrogens with zero attached hydrogens (tertiary/aromatic N) is 2. The van der Waals surface area contributed by atoms with Crippen LogP contribution in [0.3, 0.4) is 0 Å². The van der Waals surface area contributed by atoms with Crippen LogP contribution in [0.15, 0.2) is 24.3 Å². The summed E-state index contributed by atoms with van der Waals surface area (Å²) < 4.78 is 0. The van der Waals surface area contributed by atoms with Gasteiger partial charge in [0.05, 0.1) is 0 Å². The molecule has 0 spiro atoms. The van der Waals surface area contributed by atoms with E-state index in [9.17, 15) is 9.59 Å². The number of aryl methyl sites for hydroxylation is 1. The Labute approximate surface area is 149 Å². The number of carbonyl (C=O) groups is 2. The van der Waals surface area contributed by atoms with E-state index in [1.54, 1.807) is 0 Å². The van der Waals surface area contributed by atoms with Crippen molar-refractivity contribution < 1.29 is 9.59 Å². The highest BCUT2D eigenvalue weighted by Crippen LogP contribution is 2.16. The highest BCUT2D eigenvalue weighted by atomic mass is 16.2. The maximum Gasteiger partial charge on any atom is 0.249 e. The van der Waals surface area contributed by atoms with Gasteiger partial charge >= 0.3 is 0 Å². The van der Waals surface area contributed by atoms with Gasteiger partial charge in [-0.05, 0) is 50.6 Å². The van der Waals surface area contributed by atoms with Crippen LogP contribution in [-0.4, -0.2) is 67.4 Å². The Hall–Kier alpha value is -1.92. The molecule has 2 saturated heterocycles. The molecule has 0 bridgehead atoms. The van der Waals surface area contributed by atoms with Gasteiger partial charge in [-0.2, -0.15) is 0 Å². The average Bonchev–Trinajstić information content (AvgIpc) is 2.61. The second-order valence-corrected chi connectivity index (χ2v) is 7.09. The van der Waals surface area contributed by atoms with E-state index in [1.807, 2.05) is 12.1 Å². The number of piperidine rings is 1. The van der Waals surface area contributed by atoms with Crippen molar-refractivity contribution in [3.05, 3.63) is 29.8 Å². The molecule has 6 heteroatoms. The van der Waals surface area contributed by atoms with Crippen LogP contribution in [0.2, 0.25) is 0 Å². The van der Waals surface area contributed by atoms with Gasteiger partial charge in [0, 0.05) is 38.3 Å². The van der Waals surface area contributed by atoms with Gasteiger partial charge in [0.2, 0.25) is 11.8 Å². The fourth-order valence-electron chi connectivity index (χ4n) is 3.38. The van der Waals surface area contributed by atoms with Gasteiger partial charge < -0.3 is 15.1 Å². The van der Waals surface area contributed by atoms with Crippen molar-refractivity contribution in [3.8, 4) is 0 Å². The maximum atomic E-state index is 11.8. The molecule has 2 fully saturated rings. The minimum Gasteiger partial charge on any atom is -0.374 e. The average molecular weight is 344 g/mol. The van der Waals surface area contributed by atoms with E-state index >= 15 is 0 Å². The monoisotopic (exact) mass is 344 g/mol. The first-order valence-electron chi connectivity index (χ1n) is 9.20. The number of imide groups is 1. The smallest absolute Gasteiger partial charge is 0.249 e. The molecule has 2 aliphatic rings. The number of anilines is 1. The molecule has 2 heterocycles.